The standard InChI is InChI=1S/C23H31ClN4O4/c1-16-21(31)26(13-14-28(16)22(32)25-18-6-4-17(24)5-7-18)11-2-3-20(30)27-12-10-23(8-9-23)19(29)15-27/h4-7,16,19,29H,2-3,8-15H2,1H3,(H,25,32)/t16-,19+/m0/s1. The maximum atomic E-state index is 12.8. The van der Waals surface area contributed by atoms with Crippen LogP contribution in [0, 0.1) is 5.41 Å². The number of amides is 4. The third-order valence-corrected chi connectivity index (χ3v) is 7.40. The first-order chi connectivity index (χ1) is 15.3. The summed E-state index contributed by atoms with van der Waals surface area (Å²) >= 11 is 5.87. The van der Waals surface area contributed by atoms with Gasteiger partial charge in [-0.1, -0.05) is 11.6 Å². The third kappa shape index (κ3) is 4.86. The van der Waals surface area contributed by atoms with E-state index in [1.165, 1.54) is 4.90 Å². The van der Waals surface area contributed by atoms with E-state index in [-0.39, 0.29) is 23.3 Å². The van der Waals surface area contributed by atoms with Crippen LogP contribution in [-0.2, 0) is 9.59 Å². The molecule has 32 heavy (non-hydrogen) atoms. The molecule has 2 N–H and O–H groups in total. The minimum atomic E-state index is -0.571. The Labute approximate surface area is 193 Å². The van der Waals surface area contributed by atoms with Crippen molar-refractivity contribution in [3.05, 3.63) is 29.3 Å². The molecule has 2 aliphatic heterocycles. The van der Waals surface area contributed by atoms with Crippen LogP contribution in [0.25, 0.3) is 0 Å². The number of likely N-dealkylation sites (tertiary alicyclic amines) is 1. The van der Waals surface area contributed by atoms with Gasteiger partial charge < -0.3 is 25.1 Å². The molecule has 1 aliphatic carbocycles. The van der Waals surface area contributed by atoms with Gasteiger partial charge in [0.15, 0.2) is 0 Å². The van der Waals surface area contributed by atoms with Gasteiger partial charge in [-0.15, -0.1) is 0 Å². The first kappa shape index (κ1) is 22.9. The summed E-state index contributed by atoms with van der Waals surface area (Å²) in [5, 5.41) is 13.7. The van der Waals surface area contributed by atoms with Crippen molar-refractivity contribution in [2.45, 2.75) is 51.2 Å². The van der Waals surface area contributed by atoms with Crippen LogP contribution in [0.4, 0.5) is 10.5 Å². The van der Waals surface area contributed by atoms with Crippen molar-refractivity contribution in [2.24, 2.45) is 5.41 Å². The summed E-state index contributed by atoms with van der Waals surface area (Å²) in [5.41, 5.74) is 0.703. The summed E-state index contributed by atoms with van der Waals surface area (Å²) in [5.74, 6) is -0.0694. The Morgan fingerprint density at radius 1 is 1.16 bits per heavy atom. The molecular formula is C23H31ClN4O4. The fourth-order valence-corrected chi connectivity index (χ4v) is 4.85. The van der Waals surface area contributed by atoms with Crippen LogP contribution in [0.1, 0.15) is 39.0 Å². The Hall–Kier alpha value is -2.32. The number of urea groups is 1. The number of hydrogen-bond acceptors (Lipinski definition) is 4. The van der Waals surface area contributed by atoms with E-state index in [0.717, 1.165) is 19.3 Å². The monoisotopic (exact) mass is 462 g/mol. The zero-order valence-corrected chi connectivity index (χ0v) is 19.2. The lowest BCUT2D eigenvalue weighted by atomic mass is 9.90. The molecule has 1 spiro atoms. The number of aliphatic hydroxyl groups excluding tert-OH is 1. The molecule has 1 saturated carbocycles. The second-order valence-corrected chi connectivity index (χ2v) is 9.64. The van der Waals surface area contributed by atoms with Crippen molar-refractivity contribution in [3.63, 3.8) is 0 Å². The zero-order valence-electron chi connectivity index (χ0n) is 18.4. The molecule has 2 heterocycles. The number of piperidine rings is 1. The van der Waals surface area contributed by atoms with Crippen LogP contribution in [0.2, 0.25) is 5.02 Å². The molecule has 1 aromatic rings. The van der Waals surface area contributed by atoms with Gasteiger partial charge in [0.2, 0.25) is 11.8 Å². The van der Waals surface area contributed by atoms with Crippen molar-refractivity contribution in [1.29, 1.82) is 0 Å². The molecule has 3 fully saturated rings. The van der Waals surface area contributed by atoms with Crippen LogP contribution in [-0.4, -0.2) is 82.5 Å². The number of carbonyl (C=O) groups is 3. The third-order valence-electron chi connectivity index (χ3n) is 7.15. The summed E-state index contributed by atoms with van der Waals surface area (Å²) in [6.45, 7) is 4.23. The van der Waals surface area contributed by atoms with Gasteiger partial charge in [-0.3, -0.25) is 9.59 Å². The summed E-state index contributed by atoms with van der Waals surface area (Å²) in [6, 6.07) is 5.93. The van der Waals surface area contributed by atoms with Gasteiger partial charge >= 0.3 is 6.03 Å². The summed E-state index contributed by atoms with van der Waals surface area (Å²) < 4.78 is 0. The van der Waals surface area contributed by atoms with E-state index in [4.69, 9.17) is 11.6 Å². The van der Waals surface area contributed by atoms with Crippen LogP contribution in [0.5, 0.6) is 0 Å². The minimum absolute atomic E-state index is 0.0426. The van der Waals surface area contributed by atoms with E-state index < -0.39 is 12.1 Å². The van der Waals surface area contributed by atoms with Crippen molar-refractivity contribution in [1.82, 2.24) is 14.7 Å². The highest BCUT2D eigenvalue weighted by Crippen LogP contribution is 2.53. The predicted octanol–water partition coefficient (Wildman–Crippen LogP) is 2.56. The Morgan fingerprint density at radius 2 is 1.88 bits per heavy atom. The van der Waals surface area contributed by atoms with Gasteiger partial charge in [-0.05, 0) is 62.3 Å². The van der Waals surface area contributed by atoms with E-state index in [1.54, 1.807) is 41.0 Å². The van der Waals surface area contributed by atoms with Crippen molar-refractivity contribution < 1.29 is 19.5 Å². The molecular weight excluding hydrogens is 432 g/mol. The number of benzene rings is 1. The van der Waals surface area contributed by atoms with Crippen LogP contribution >= 0.6 is 11.6 Å². The summed E-state index contributed by atoms with van der Waals surface area (Å²) in [7, 11) is 0. The highest BCUT2D eigenvalue weighted by atomic mass is 35.5. The second kappa shape index (κ2) is 9.27. The molecule has 9 heteroatoms. The van der Waals surface area contributed by atoms with Gasteiger partial charge in [-0.2, -0.15) is 0 Å². The molecule has 174 valence electrons. The maximum absolute atomic E-state index is 12.8. The highest BCUT2D eigenvalue weighted by Gasteiger charge is 2.51. The van der Waals surface area contributed by atoms with Crippen LogP contribution in [0.3, 0.4) is 0 Å². The second-order valence-electron chi connectivity index (χ2n) is 9.20. The smallest absolute Gasteiger partial charge is 0.322 e. The maximum Gasteiger partial charge on any atom is 0.322 e. The molecule has 0 bridgehead atoms. The minimum Gasteiger partial charge on any atom is -0.391 e. The number of nitrogens with one attached hydrogen (secondary N) is 1. The van der Waals surface area contributed by atoms with Crippen LogP contribution < -0.4 is 5.32 Å². The number of hydrogen-bond donors (Lipinski definition) is 2. The fourth-order valence-electron chi connectivity index (χ4n) is 4.73. The van der Waals surface area contributed by atoms with Gasteiger partial charge in [0, 0.05) is 49.9 Å². The molecule has 3 aliphatic rings. The van der Waals surface area contributed by atoms with Gasteiger partial charge in [-0.25, -0.2) is 4.79 Å². The Balaban J connectivity index is 1.21. The Morgan fingerprint density at radius 3 is 2.53 bits per heavy atom. The number of nitrogens with zero attached hydrogens (tertiary/aromatic N) is 3. The Kier molecular flexibility index (Phi) is 6.62. The van der Waals surface area contributed by atoms with E-state index in [1.807, 2.05) is 0 Å². The average molecular weight is 463 g/mol. The lowest BCUT2D eigenvalue weighted by Crippen LogP contribution is -2.58. The van der Waals surface area contributed by atoms with Gasteiger partial charge in [0.1, 0.15) is 6.04 Å². The predicted molar refractivity (Wildman–Crippen MR) is 121 cm³/mol. The van der Waals surface area contributed by atoms with Gasteiger partial charge in [0.05, 0.1) is 6.10 Å². The SMILES string of the molecule is C[C@H]1C(=O)N(CCCC(=O)N2CCC3(CC3)[C@H](O)C2)CCN1C(=O)Nc1ccc(Cl)cc1. The van der Waals surface area contributed by atoms with Crippen molar-refractivity contribution in [3.8, 4) is 0 Å². The van der Waals surface area contributed by atoms with Gasteiger partial charge in [0.25, 0.3) is 0 Å². The normalized spacial score (nSPS) is 24.6. The molecule has 0 unspecified atom stereocenters. The highest BCUT2D eigenvalue weighted by molar-refractivity contribution is 6.30. The lowest BCUT2D eigenvalue weighted by molar-refractivity contribution is -0.140. The molecule has 2 atom stereocenters. The molecule has 4 amide bonds. The van der Waals surface area contributed by atoms with Crippen molar-refractivity contribution >= 4 is 35.1 Å². The topological polar surface area (TPSA) is 93.2 Å². The number of halogens is 1. The first-order valence-electron chi connectivity index (χ1n) is 11.4. The van der Waals surface area contributed by atoms with Crippen molar-refractivity contribution in [2.75, 3.05) is 38.0 Å². The first-order valence-corrected chi connectivity index (χ1v) is 11.7. The van der Waals surface area contributed by atoms with E-state index >= 15 is 0 Å². The van der Waals surface area contributed by atoms with Crippen LogP contribution in [0.15, 0.2) is 24.3 Å². The quantitative estimate of drug-likeness (QED) is 0.703. The summed E-state index contributed by atoms with van der Waals surface area (Å²) in [6.07, 6.45) is 3.55. The molecule has 4 rings (SSSR count). The Bertz CT molecular complexity index is 873. The molecule has 2 saturated heterocycles. The number of aliphatic hydroxyl groups is 1. The fraction of sp³-hybridized carbons (Fsp3) is 0.609. The zero-order chi connectivity index (χ0) is 22.9. The molecule has 1 aromatic carbocycles. The largest absolute Gasteiger partial charge is 0.391 e. The molecule has 0 radical (unpaired) electrons. The molecule has 0 aromatic heterocycles. The number of β-amino-alcohol motifs (C(OH)–C–C–N with tert-alkyl or cyclic N) is 1. The number of rotatable bonds is 5. The average Bonchev–Trinajstić information content (AvgIpc) is 3.55. The molecule has 8 nitrogen and oxygen atoms in total. The number of anilines is 1. The summed E-state index contributed by atoms with van der Waals surface area (Å²) in [4.78, 5) is 43.0. The number of carbonyl (C=O) groups excluding carboxylic acids is 3. The number of piperazine rings is 1. The van der Waals surface area contributed by atoms with E-state index in [9.17, 15) is 19.5 Å². The van der Waals surface area contributed by atoms with E-state index in [0.29, 0.717) is 56.3 Å². The lowest BCUT2D eigenvalue weighted by Gasteiger charge is -2.39. The van der Waals surface area contributed by atoms with E-state index in [2.05, 4.69) is 5.32 Å².